The number of rotatable bonds is 7. The number of carbonyl (C=O) groups excluding carboxylic acids is 1. The molecule has 0 radical (unpaired) electrons. The molecule has 0 saturated carbocycles. The molecule has 112 valence electrons. The number of carbonyl (C=O) groups is 1. The average molecular weight is 298 g/mol. The molecule has 0 spiro atoms. The molecule has 0 saturated heterocycles. The van der Waals surface area contributed by atoms with E-state index in [9.17, 15) is 13.2 Å². The summed E-state index contributed by atoms with van der Waals surface area (Å²) >= 11 is 0. The second-order valence-electron chi connectivity index (χ2n) is 4.76. The maximum absolute atomic E-state index is 12.1. The summed E-state index contributed by atoms with van der Waals surface area (Å²) in [4.78, 5) is 11.2. The van der Waals surface area contributed by atoms with E-state index in [2.05, 4.69) is 17.0 Å². The Morgan fingerprint density at radius 3 is 2.50 bits per heavy atom. The van der Waals surface area contributed by atoms with Crippen LogP contribution in [0.5, 0.6) is 0 Å². The fraction of sp³-hybridized carbons (Fsp3) is 0.500. The van der Waals surface area contributed by atoms with Gasteiger partial charge in [0.1, 0.15) is 0 Å². The zero-order chi connectivity index (χ0) is 15.2. The zero-order valence-electron chi connectivity index (χ0n) is 12.2. The number of hydrogen-bond donors (Lipinski definition) is 2. The van der Waals surface area contributed by atoms with Gasteiger partial charge in [0.15, 0.2) is 0 Å². The summed E-state index contributed by atoms with van der Waals surface area (Å²) in [6, 6.07) is 4.67. The molecule has 1 aromatic carbocycles. The molecule has 5 nitrogen and oxygen atoms in total. The maximum Gasteiger partial charge on any atom is 0.240 e. The topological polar surface area (TPSA) is 75.3 Å². The number of unbranched alkanes of at least 4 members (excludes halogenated alkanes) is 2. The first-order chi connectivity index (χ1) is 9.36. The molecule has 0 bridgehead atoms. The van der Waals surface area contributed by atoms with E-state index >= 15 is 0 Å². The lowest BCUT2D eigenvalue weighted by Gasteiger charge is -2.10. The van der Waals surface area contributed by atoms with Crippen molar-refractivity contribution in [2.24, 2.45) is 0 Å². The lowest BCUT2D eigenvalue weighted by molar-refractivity contribution is -0.114. The highest BCUT2D eigenvalue weighted by molar-refractivity contribution is 7.89. The maximum atomic E-state index is 12.1. The van der Waals surface area contributed by atoms with E-state index < -0.39 is 10.0 Å². The van der Waals surface area contributed by atoms with Gasteiger partial charge in [0.05, 0.1) is 4.90 Å². The molecule has 0 aliphatic carbocycles. The fourth-order valence-electron chi connectivity index (χ4n) is 1.80. The smallest absolute Gasteiger partial charge is 0.240 e. The molecule has 0 atom stereocenters. The summed E-state index contributed by atoms with van der Waals surface area (Å²) in [5, 5.41) is 2.66. The number of hydrogen-bond acceptors (Lipinski definition) is 3. The highest BCUT2D eigenvalue weighted by Crippen LogP contribution is 2.19. The minimum Gasteiger partial charge on any atom is -0.326 e. The van der Waals surface area contributed by atoms with Crippen LogP contribution in [0.4, 0.5) is 5.69 Å². The molecule has 1 aromatic rings. The minimum atomic E-state index is -3.47. The van der Waals surface area contributed by atoms with Gasteiger partial charge in [-0.3, -0.25) is 4.79 Å². The molecule has 0 aromatic heterocycles. The molecule has 0 fully saturated rings. The van der Waals surface area contributed by atoms with Crippen LogP contribution in [0.15, 0.2) is 23.1 Å². The fourth-order valence-corrected chi connectivity index (χ4v) is 2.96. The van der Waals surface area contributed by atoms with Gasteiger partial charge in [-0.2, -0.15) is 0 Å². The number of sulfonamides is 1. The zero-order valence-corrected chi connectivity index (χ0v) is 13.0. The second-order valence-corrected chi connectivity index (χ2v) is 6.53. The molecule has 1 rings (SSSR count). The summed E-state index contributed by atoms with van der Waals surface area (Å²) in [5.74, 6) is -0.179. The van der Waals surface area contributed by atoms with Crippen LogP contribution in [0.3, 0.4) is 0 Å². The Morgan fingerprint density at radius 2 is 1.95 bits per heavy atom. The Labute approximate surface area is 120 Å². The number of anilines is 1. The Morgan fingerprint density at radius 1 is 1.25 bits per heavy atom. The first-order valence-corrected chi connectivity index (χ1v) is 8.23. The Kier molecular flexibility index (Phi) is 6.16. The molecule has 0 aliphatic heterocycles. The number of amides is 1. The largest absolute Gasteiger partial charge is 0.326 e. The van der Waals surface area contributed by atoms with Gasteiger partial charge < -0.3 is 5.32 Å². The van der Waals surface area contributed by atoms with E-state index in [1.54, 1.807) is 19.1 Å². The molecular formula is C14H22N2O3S. The number of benzene rings is 1. The minimum absolute atomic E-state index is 0.179. The summed E-state index contributed by atoms with van der Waals surface area (Å²) in [6.07, 6.45) is 2.88. The van der Waals surface area contributed by atoms with Crippen molar-refractivity contribution in [2.45, 2.75) is 44.9 Å². The monoisotopic (exact) mass is 298 g/mol. The van der Waals surface area contributed by atoms with Crippen LogP contribution in [-0.4, -0.2) is 20.9 Å². The van der Waals surface area contributed by atoms with Crippen LogP contribution in [0.1, 0.15) is 38.7 Å². The normalized spacial score (nSPS) is 11.3. The third-order valence-corrected chi connectivity index (χ3v) is 4.35. The molecule has 0 aliphatic rings. The quantitative estimate of drug-likeness (QED) is 0.759. The number of aryl methyl sites for hydroxylation is 1. The van der Waals surface area contributed by atoms with Gasteiger partial charge in [0, 0.05) is 19.2 Å². The van der Waals surface area contributed by atoms with E-state index in [0.717, 1.165) is 24.8 Å². The Balaban J connectivity index is 2.80. The number of nitrogens with one attached hydrogen (secondary N) is 2. The van der Waals surface area contributed by atoms with Crippen molar-refractivity contribution in [3.8, 4) is 0 Å². The first-order valence-electron chi connectivity index (χ1n) is 6.74. The Bertz CT molecular complexity index is 568. The highest BCUT2D eigenvalue weighted by atomic mass is 32.2. The molecule has 2 N–H and O–H groups in total. The summed E-state index contributed by atoms with van der Waals surface area (Å²) in [5.41, 5.74) is 1.35. The van der Waals surface area contributed by atoms with Gasteiger partial charge in [0.25, 0.3) is 0 Å². The predicted molar refractivity (Wildman–Crippen MR) is 80.2 cm³/mol. The third kappa shape index (κ3) is 4.94. The molecule has 1 amide bonds. The van der Waals surface area contributed by atoms with Gasteiger partial charge >= 0.3 is 0 Å². The van der Waals surface area contributed by atoms with E-state index in [0.29, 0.717) is 12.2 Å². The van der Waals surface area contributed by atoms with Crippen molar-refractivity contribution < 1.29 is 13.2 Å². The van der Waals surface area contributed by atoms with Crippen LogP contribution in [0.25, 0.3) is 0 Å². The molecular weight excluding hydrogens is 276 g/mol. The lowest BCUT2D eigenvalue weighted by atomic mass is 10.2. The SMILES string of the molecule is CCCCCNS(=O)(=O)c1ccc(NC(C)=O)c(C)c1. The van der Waals surface area contributed by atoms with E-state index in [-0.39, 0.29) is 10.8 Å². The molecule has 6 heteroatoms. The summed E-state index contributed by atoms with van der Waals surface area (Å²) < 4.78 is 26.7. The van der Waals surface area contributed by atoms with E-state index in [1.807, 2.05) is 0 Å². The molecule has 0 unspecified atom stereocenters. The van der Waals surface area contributed by atoms with Gasteiger partial charge in [-0.25, -0.2) is 13.1 Å². The van der Waals surface area contributed by atoms with Crippen LogP contribution in [0, 0.1) is 6.92 Å². The van der Waals surface area contributed by atoms with Crippen molar-refractivity contribution >= 4 is 21.6 Å². The Hall–Kier alpha value is -1.40. The van der Waals surface area contributed by atoms with Gasteiger partial charge in [-0.1, -0.05) is 19.8 Å². The predicted octanol–water partition coefficient (Wildman–Crippen LogP) is 2.42. The van der Waals surface area contributed by atoms with E-state index in [1.165, 1.54) is 13.0 Å². The third-order valence-electron chi connectivity index (χ3n) is 2.89. The average Bonchev–Trinajstić information content (AvgIpc) is 2.36. The van der Waals surface area contributed by atoms with Crippen LogP contribution < -0.4 is 10.0 Å². The van der Waals surface area contributed by atoms with Gasteiger partial charge in [0.2, 0.25) is 15.9 Å². The van der Waals surface area contributed by atoms with Gasteiger partial charge in [-0.05, 0) is 37.1 Å². The van der Waals surface area contributed by atoms with E-state index in [4.69, 9.17) is 0 Å². The summed E-state index contributed by atoms with van der Waals surface area (Å²) in [6.45, 7) is 5.70. The second kappa shape index (κ2) is 7.40. The van der Waals surface area contributed by atoms with Crippen molar-refractivity contribution in [3.05, 3.63) is 23.8 Å². The van der Waals surface area contributed by atoms with Crippen molar-refractivity contribution in [1.82, 2.24) is 4.72 Å². The first kappa shape index (κ1) is 16.7. The highest BCUT2D eigenvalue weighted by Gasteiger charge is 2.14. The molecule has 0 heterocycles. The standard InChI is InChI=1S/C14H22N2O3S/c1-4-5-6-9-15-20(18,19)13-7-8-14(11(2)10-13)16-12(3)17/h7-8,10,15H,4-6,9H2,1-3H3,(H,16,17). The van der Waals surface area contributed by atoms with Crippen molar-refractivity contribution in [3.63, 3.8) is 0 Å². The van der Waals surface area contributed by atoms with Gasteiger partial charge in [-0.15, -0.1) is 0 Å². The van der Waals surface area contributed by atoms with Crippen molar-refractivity contribution in [2.75, 3.05) is 11.9 Å². The van der Waals surface area contributed by atoms with Crippen molar-refractivity contribution in [1.29, 1.82) is 0 Å². The van der Waals surface area contributed by atoms with Crippen LogP contribution in [-0.2, 0) is 14.8 Å². The van der Waals surface area contributed by atoms with Crippen LogP contribution >= 0.6 is 0 Å². The lowest BCUT2D eigenvalue weighted by Crippen LogP contribution is -2.25. The van der Waals surface area contributed by atoms with Crippen LogP contribution in [0.2, 0.25) is 0 Å². The summed E-state index contributed by atoms with van der Waals surface area (Å²) in [7, 11) is -3.47. The molecule has 20 heavy (non-hydrogen) atoms.